The van der Waals surface area contributed by atoms with Gasteiger partial charge in [-0.25, -0.2) is 14.1 Å². The molecule has 1 aliphatic rings. The zero-order valence-corrected chi connectivity index (χ0v) is 20.6. The van der Waals surface area contributed by atoms with Crippen molar-refractivity contribution in [3.63, 3.8) is 0 Å². The van der Waals surface area contributed by atoms with Gasteiger partial charge in [-0.2, -0.15) is 0 Å². The van der Waals surface area contributed by atoms with E-state index in [2.05, 4.69) is 36.9 Å². The number of fused-ring (bicyclic) bond motifs is 4. The molecule has 0 saturated carbocycles. The van der Waals surface area contributed by atoms with Crippen LogP contribution in [0.15, 0.2) is 77.2 Å². The number of allylic oxidation sites excluding steroid dienone is 1. The molecule has 0 radical (unpaired) electrons. The number of amides is 1. The number of hydrogen-bond acceptors (Lipinski definition) is 5. The van der Waals surface area contributed by atoms with Crippen LogP contribution in [-0.4, -0.2) is 30.8 Å². The Labute approximate surface area is 207 Å². The highest BCUT2D eigenvalue weighted by molar-refractivity contribution is 7.99. The third-order valence-corrected chi connectivity index (χ3v) is 7.55. The first-order valence-corrected chi connectivity index (χ1v) is 12.6. The van der Waals surface area contributed by atoms with Crippen molar-refractivity contribution < 1.29 is 4.79 Å². The molecule has 0 unspecified atom stereocenters. The summed E-state index contributed by atoms with van der Waals surface area (Å²) in [4.78, 5) is 31.6. The van der Waals surface area contributed by atoms with Crippen molar-refractivity contribution in [2.75, 3.05) is 11.1 Å². The number of nitrogens with one attached hydrogen (secondary N) is 1. The van der Waals surface area contributed by atoms with Gasteiger partial charge >= 0.3 is 0 Å². The van der Waals surface area contributed by atoms with E-state index in [1.807, 2.05) is 48.5 Å². The monoisotopic (exact) mass is 485 g/mol. The normalized spacial score (nSPS) is 16.5. The number of nitrogens with zero attached hydrogens (tertiary/aromatic N) is 4. The van der Waals surface area contributed by atoms with E-state index in [4.69, 9.17) is 4.98 Å². The molecule has 2 aromatic heterocycles. The highest BCUT2D eigenvalue weighted by atomic mass is 32.2. The van der Waals surface area contributed by atoms with E-state index in [0.717, 1.165) is 29.8 Å². The molecule has 4 aromatic rings. The minimum absolute atomic E-state index is 0.118. The van der Waals surface area contributed by atoms with Crippen molar-refractivity contribution in [1.82, 2.24) is 19.2 Å². The first kappa shape index (κ1) is 23.1. The molecule has 0 aliphatic heterocycles. The second-order valence-corrected chi connectivity index (χ2v) is 9.92. The van der Waals surface area contributed by atoms with Crippen LogP contribution in [0.4, 0.5) is 5.69 Å². The number of carbonyl (C=O) groups is 1. The molecule has 8 heteroatoms. The number of thioether (sulfide) groups is 1. The summed E-state index contributed by atoms with van der Waals surface area (Å²) in [6.07, 6.45) is 3.30. The van der Waals surface area contributed by atoms with E-state index in [9.17, 15) is 9.59 Å². The number of carbonyl (C=O) groups excluding carboxylic acids is 1. The van der Waals surface area contributed by atoms with Crippen LogP contribution < -0.4 is 10.9 Å². The Balaban J connectivity index is 1.61. The van der Waals surface area contributed by atoms with Crippen LogP contribution in [0, 0.1) is 0 Å². The van der Waals surface area contributed by atoms with Crippen LogP contribution in [0.5, 0.6) is 0 Å². The largest absolute Gasteiger partial charge is 0.325 e. The number of rotatable bonds is 7. The Morgan fingerprint density at radius 1 is 1.20 bits per heavy atom. The molecule has 0 bridgehead atoms. The molecule has 7 nitrogen and oxygen atoms in total. The van der Waals surface area contributed by atoms with Gasteiger partial charge in [0.05, 0.1) is 23.6 Å². The molecule has 35 heavy (non-hydrogen) atoms. The van der Waals surface area contributed by atoms with Crippen molar-refractivity contribution in [2.24, 2.45) is 0 Å². The van der Waals surface area contributed by atoms with Gasteiger partial charge in [0.25, 0.3) is 5.56 Å². The molecule has 5 rings (SSSR count). The fraction of sp³-hybridized carbons (Fsp3) is 0.259. The highest BCUT2D eigenvalue weighted by Crippen LogP contribution is 2.42. The highest BCUT2D eigenvalue weighted by Gasteiger charge is 2.38. The average molecular weight is 486 g/mol. The summed E-state index contributed by atoms with van der Waals surface area (Å²) in [5.41, 5.74) is 3.89. The van der Waals surface area contributed by atoms with Gasteiger partial charge in [-0.05, 0) is 30.5 Å². The molecule has 1 atom stereocenters. The maximum Gasteiger partial charge on any atom is 0.265 e. The fourth-order valence-corrected chi connectivity index (χ4v) is 5.47. The third kappa shape index (κ3) is 4.08. The summed E-state index contributed by atoms with van der Waals surface area (Å²) < 4.78 is 3.23. The Kier molecular flexibility index (Phi) is 6.06. The van der Waals surface area contributed by atoms with Crippen LogP contribution in [0.25, 0.3) is 17.0 Å². The molecule has 1 aliphatic carbocycles. The Morgan fingerprint density at radius 2 is 1.94 bits per heavy atom. The maximum absolute atomic E-state index is 14.1. The first-order valence-electron chi connectivity index (χ1n) is 11.7. The molecule has 1 N–H and O–H groups in total. The van der Waals surface area contributed by atoms with Crippen LogP contribution in [-0.2, 0) is 23.2 Å². The quantitative estimate of drug-likeness (QED) is 0.303. The van der Waals surface area contributed by atoms with E-state index in [-0.39, 0.29) is 22.6 Å². The number of para-hydroxylation sites is 1. The molecule has 0 saturated heterocycles. The van der Waals surface area contributed by atoms with Crippen LogP contribution in [0.1, 0.15) is 31.4 Å². The lowest BCUT2D eigenvalue weighted by molar-refractivity contribution is -0.113. The van der Waals surface area contributed by atoms with Gasteiger partial charge in [-0.15, -0.1) is 11.7 Å². The van der Waals surface area contributed by atoms with E-state index in [1.54, 1.807) is 15.2 Å². The van der Waals surface area contributed by atoms with Gasteiger partial charge in [-0.3, -0.25) is 9.59 Å². The SMILES string of the molecule is C=CCn1nc(SCC(=O)Nc2ccccc2)n2c(=O)c3c(nc12)-c1ccccc1C[C@@]3(C)CC. The predicted octanol–water partition coefficient (Wildman–Crippen LogP) is 4.70. The van der Waals surface area contributed by atoms with Crippen LogP contribution >= 0.6 is 11.8 Å². The van der Waals surface area contributed by atoms with Gasteiger partial charge < -0.3 is 5.32 Å². The Hall–Kier alpha value is -3.65. The van der Waals surface area contributed by atoms with Crippen molar-refractivity contribution in [3.8, 4) is 11.3 Å². The number of anilines is 1. The molecule has 0 spiro atoms. The number of benzene rings is 2. The zero-order chi connectivity index (χ0) is 24.6. The minimum atomic E-state index is -0.345. The first-order chi connectivity index (χ1) is 16.9. The van der Waals surface area contributed by atoms with Crippen molar-refractivity contribution in [1.29, 1.82) is 0 Å². The van der Waals surface area contributed by atoms with Crippen LogP contribution in [0.3, 0.4) is 0 Å². The summed E-state index contributed by atoms with van der Waals surface area (Å²) in [6.45, 7) is 8.47. The van der Waals surface area contributed by atoms with E-state index in [0.29, 0.717) is 23.0 Å². The van der Waals surface area contributed by atoms with Crippen molar-refractivity contribution >= 4 is 29.1 Å². The lowest BCUT2D eigenvalue weighted by Gasteiger charge is -2.35. The van der Waals surface area contributed by atoms with Gasteiger partial charge in [0, 0.05) is 16.7 Å². The molecule has 1 amide bonds. The van der Waals surface area contributed by atoms with Gasteiger partial charge in [-0.1, -0.05) is 74.1 Å². The van der Waals surface area contributed by atoms with E-state index in [1.165, 1.54) is 17.3 Å². The zero-order valence-electron chi connectivity index (χ0n) is 19.8. The number of aromatic nitrogens is 4. The molecule has 178 valence electrons. The molecular weight excluding hydrogens is 458 g/mol. The summed E-state index contributed by atoms with van der Waals surface area (Å²) in [5, 5.41) is 7.97. The molecule has 2 heterocycles. The van der Waals surface area contributed by atoms with Crippen molar-refractivity contribution in [3.05, 3.63) is 88.7 Å². The van der Waals surface area contributed by atoms with Crippen molar-refractivity contribution in [2.45, 2.75) is 43.8 Å². The summed E-state index contributed by atoms with van der Waals surface area (Å²) >= 11 is 1.23. The summed E-state index contributed by atoms with van der Waals surface area (Å²) in [5.74, 6) is 0.403. The third-order valence-electron chi connectivity index (χ3n) is 6.62. The van der Waals surface area contributed by atoms with E-state index >= 15 is 0 Å². The summed E-state index contributed by atoms with van der Waals surface area (Å²) in [6, 6.07) is 17.5. The Bertz CT molecular complexity index is 1490. The fourth-order valence-electron chi connectivity index (χ4n) is 4.69. The topological polar surface area (TPSA) is 81.3 Å². The Morgan fingerprint density at radius 3 is 2.69 bits per heavy atom. The van der Waals surface area contributed by atoms with Gasteiger partial charge in [0.1, 0.15) is 0 Å². The minimum Gasteiger partial charge on any atom is -0.325 e. The predicted molar refractivity (Wildman–Crippen MR) is 140 cm³/mol. The molecule has 0 fully saturated rings. The van der Waals surface area contributed by atoms with Gasteiger partial charge in [0.2, 0.25) is 11.7 Å². The van der Waals surface area contributed by atoms with E-state index < -0.39 is 0 Å². The standard InChI is InChI=1S/C27H27N5O2S/c1-4-15-31-25-29-23-20-14-10-9-11-18(20)16-27(3,5-2)22(23)24(34)32(25)26(30-31)35-17-21(33)28-19-12-7-6-8-13-19/h4,6-14H,1,5,15-17H2,2-3H3,(H,28,33)/t27-/m1/s1. The van der Waals surface area contributed by atoms with Gasteiger partial charge in [0.15, 0.2) is 5.16 Å². The summed E-state index contributed by atoms with van der Waals surface area (Å²) in [7, 11) is 0. The molecule has 2 aromatic carbocycles. The maximum atomic E-state index is 14.1. The lowest BCUT2D eigenvalue weighted by atomic mass is 9.69. The smallest absolute Gasteiger partial charge is 0.265 e. The second-order valence-electron chi connectivity index (χ2n) is 8.98. The van der Waals surface area contributed by atoms with Crippen LogP contribution in [0.2, 0.25) is 0 Å². The average Bonchev–Trinajstić information content (AvgIpc) is 3.21. The number of hydrogen-bond donors (Lipinski definition) is 1. The second kappa shape index (κ2) is 9.19. The lowest BCUT2D eigenvalue weighted by Crippen LogP contribution is -2.38. The molecular formula is C27H27N5O2S.